The van der Waals surface area contributed by atoms with Gasteiger partial charge < -0.3 is 5.11 Å². The molecular formula is C18H18OS2. The number of aliphatic hydroxyl groups is 1. The van der Waals surface area contributed by atoms with Gasteiger partial charge in [0, 0.05) is 12.0 Å². The van der Waals surface area contributed by atoms with Crippen LogP contribution in [-0.2, 0) is 4.08 Å². The molecule has 0 amide bonds. The van der Waals surface area contributed by atoms with E-state index in [0.29, 0.717) is 6.42 Å². The van der Waals surface area contributed by atoms with Crippen LogP contribution in [0.4, 0.5) is 0 Å². The van der Waals surface area contributed by atoms with Crippen molar-refractivity contribution < 1.29 is 5.11 Å². The normalized spacial score (nSPS) is 18.7. The molecule has 0 aromatic heterocycles. The highest BCUT2D eigenvalue weighted by molar-refractivity contribution is 8.18. The van der Waals surface area contributed by atoms with E-state index in [0.717, 1.165) is 22.6 Å². The summed E-state index contributed by atoms with van der Waals surface area (Å²) in [4.78, 5) is 0. The zero-order valence-electron chi connectivity index (χ0n) is 11.8. The van der Waals surface area contributed by atoms with Gasteiger partial charge in [0.2, 0.25) is 0 Å². The third-order valence-electron chi connectivity index (χ3n) is 3.67. The van der Waals surface area contributed by atoms with Crippen LogP contribution in [-0.4, -0.2) is 16.6 Å². The van der Waals surface area contributed by atoms with Gasteiger partial charge in [-0.1, -0.05) is 48.5 Å². The van der Waals surface area contributed by atoms with Crippen molar-refractivity contribution in [2.75, 3.05) is 11.5 Å². The van der Waals surface area contributed by atoms with E-state index in [1.54, 1.807) is 0 Å². The second kappa shape index (κ2) is 6.79. The van der Waals surface area contributed by atoms with Crippen molar-refractivity contribution in [1.29, 1.82) is 0 Å². The second-order valence-corrected chi connectivity index (χ2v) is 8.19. The maximum absolute atomic E-state index is 10.6. The molecule has 1 saturated heterocycles. The fourth-order valence-corrected chi connectivity index (χ4v) is 5.93. The Bertz CT molecular complexity index is 550. The molecule has 108 valence electrons. The Labute approximate surface area is 135 Å². The molecule has 1 atom stereocenters. The Balaban J connectivity index is 1.86. The van der Waals surface area contributed by atoms with Gasteiger partial charge in [0.15, 0.2) is 0 Å². The minimum atomic E-state index is -0.446. The van der Waals surface area contributed by atoms with E-state index in [1.807, 2.05) is 66.0 Å². The fraction of sp³-hybridized carbons (Fsp3) is 0.333. The predicted molar refractivity (Wildman–Crippen MR) is 91.3 cm³/mol. The van der Waals surface area contributed by atoms with Gasteiger partial charge in [0.1, 0.15) is 0 Å². The van der Waals surface area contributed by atoms with Crippen molar-refractivity contribution in [3.63, 3.8) is 0 Å². The SMILES string of the molecule is O[C@@H](CC1(c2c#cccc2)SCCCS1)c1ccccc1. The average Bonchev–Trinajstić information content (AvgIpc) is 2.57. The standard InChI is InChI=1S/C18H18OS2/c19-17(15-8-3-1-4-9-15)14-18(20-12-7-13-21-18)16-10-5-2-6-11-16/h1-5,8-10,17,19H,7,12-14H2/t17-/m0/s1. The first-order chi connectivity index (χ1) is 10.3. The van der Waals surface area contributed by atoms with Crippen molar-refractivity contribution in [3.8, 4) is 0 Å². The quantitative estimate of drug-likeness (QED) is 0.901. The Morgan fingerprint density at radius 3 is 2.52 bits per heavy atom. The van der Waals surface area contributed by atoms with Crippen LogP contribution in [0.25, 0.3) is 0 Å². The summed E-state index contributed by atoms with van der Waals surface area (Å²) in [7, 11) is 0. The molecule has 2 aromatic carbocycles. The molecule has 0 radical (unpaired) electrons. The predicted octanol–water partition coefficient (Wildman–Crippen LogP) is 4.43. The molecule has 3 rings (SSSR count). The van der Waals surface area contributed by atoms with Crippen LogP contribution in [0.5, 0.6) is 0 Å². The lowest BCUT2D eigenvalue weighted by molar-refractivity contribution is 0.163. The van der Waals surface area contributed by atoms with E-state index in [2.05, 4.69) is 18.2 Å². The van der Waals surface area contributed by atoms with Gasteiger partial charge in [-0.25, -0.2) is 0 Å². The highest BCUT2D eigenvalue weighted by Gasteiger charge is 2.38. The van der Waals surface area contributed by atoms with Crippen molar-refractivity contribution in [3.05, 3.63) is 71.8 Å². The van der Waals surface area contributed by atoms with Crippen LogP contribution < -0.4 is 0 Å². The smallest absolute Gasteiger partial charge is 0.0965 e. The average molecular weight is 314 g/mol. The van der Waals surface area contributed by atoms with Gasteiger partial charge in [-0.2, -0.15) is 0 Å². The Hall–Kier alpha value is -1.08. The molecule has 1 nitrogen and oxygen atoms in total. The molecule has 0 saturated carbocycles. The summed E-state index contributed by atoms with van der Waals surface area (Å²) < 4.78 is -0.106. The molecule has 1 fully saturated rings. The molecule has 21 heavy (non-hydrogen) atoms. The first kappa shape index (κ1) is 14.8. The summed E-state index contributed by atoms with van der Waals surface area (Å²) in [6, 6.07) is 22.3. The first-order valence-corrected chi connectivity index (χ1v) is 9.17. The molecule has 1 aliphatic heterocycles. The Kier molecular flexibility index (Phi) is 4.80. The van der Waals surface area contributed by atoms with E-state index in [1.165, 1.54) is 6.42 Å². The number of hydrogen-bond acceptors (Lipinski definition) is 3. The van der Waals surface area contributed by atoms with E-state index in [9.17, 15) is 5.11 Å². The molecule has 0 aliphatic carbocycles. The lowest BCUT2D eigenvalue weighted by atomic mass is 10.0. The number of rotatable bonds is 4. The molecule has 2 aromatic rings. The summed E-state index contributed by atoms with van der Waals surface area (Å²) in [6.07, 6.45) is 1.49. The first-order valence-electron chi connectivity index (χ1n) is 7.20. The Morgan fingerprint density at radius 1 is 1.10 bits per heavy atom. The number of benzene rings is 1. The minimum Gasteiger partial charge on any atom is -0.388 e. The highest BCUT2D eigenvalue weighted by atomic mass is 32.2. The van der Waals surface area contributed by atoms with Crippen LogP contribution >= 0.6 is 23.5 Å². The van der Waals surface area contributed by atoms with E-state index in [4.69, 9.17) is 0 Å². The second-order valence-electron chi connectivity index (χ2n) is 5.14. The molecule has 1 aliphatic rings. The number of thioether (sulfide) groups is 2. The molecule has 0 bridgehead atoms. The largest absolute Gasteiger partial charge is 0.388 e. The lowest BCUT2D eigenvalue weighted by Gasteiger charge is -2.37. The highest BCUT2D eigenvalue weighted by Crippen LogP contribution is 2.54. The maximum atomic E-state index is 10.6. The zero-order chi connectivity index (χ0) is 14.5. The lowest BCUT2D eigenvalue weighted by Crippen LogP contribution is -2.25. The number of aliphatic hydroxyl groups excluding tert-OH is 1. The summed E-state index contributed by atoms with van der Waals surface area (Å²) in [5.41, 5.74) is 2.14. The van der Waals surface area contributed by atoms with Crippen molar-refractivity contribution in [2.45, 2.75) is 23.0 Å². The van der Waals surface area contributed by atoms with Gasteiger partial charge in [-0.15, -0.1) is 23.5 Å². The third kappa shape index (κ3) is 3.40. The monoisotopic (exact) mass is 314 g/mol. The van der Waals surface area contributed by atoms with Crippen molar-refractivity contribution >= 4 is 23.5 Å². The zero-order valence-corrected chi connectivity index (χ0v) is 13.4. The van der Waals surface area contributed by atoms with Crippen LogP contribution in [0.3, 0.4) is 0 Å². The van der Waals surface area contributed by atoms with Gasteiger partial charge in [0.05, 0.1) is 10.2 Å². The summed E-state index contributed by atoms with van der Waals surface area (Å²) >= 11 is 3.88. The van der Waals surface area contributed by atoms with Gasteiger partial charge in [-0.05, 0) is 35.6 Å². The molecule has 1 N–H and O–H groups in total. The molecule has 0 spiro atoms. The number of hydrogen-bond donors (Lipinski definition) is 1. The third-order valence-corrected chi connectivity index (χ3v) is 7.06. The summed E-state index contributed by atoms with van der Waals surface area (Å²) in [5.74, 6) is 2.27. The summed E-state index contributed by atoms with van der Waals surface area (Å²) in [5, 5.41) is 10.6. The maximum Gasteiger partial charge on any atom is 0.0965 e. The van der Waals surface area contributed by atoms with Crippen LogP contribution in [0.15, 0.2) is 48.5 Å². The van der Waals surface area contributed by atoms with Gasteiger partial charge >= 0.3 is 0 Å². The molecule has 3 heteroatoms. The molecular weight excluding hydrogens is 296 g/mol. The van der Waals surface area contributed by atoms with Crippen LogP contribution in [0.2, 0.25) is 0 Å². The van der Waals surface area contributed by atoms with E-state index < -0.39 is 6.10 Å². The minimum absolute atomic E-state index is 0.106. The van der Waals surface area contributed by atoms with Crippen LogP contribution in [0.1, 0.15) is 30.1 Å². The fourth-order valence-electron chi connectivity index (χ4n) is 2.58. The summed E-state index contributed by atoms with van der Waals surface area (Å²) in [6.45, 7) is 0. The van der Waals surface area contributed by atoms with Crippen molar-refractivity contribution in [2.24, 2.45) is 0 Å². The van der Waals surface area contributed by atoms with E-state index in [-0.39, 0.29) is 4.08 Å². The van der Waals surface area contributed by atoms with E-state index >= 15 is 0 Å². The molecule has 0 unspecified atom stereocenters. The van der Waals surface area contributed by atoms with Gasteiger partial charge in [-0.3, -0.25) is 0 Å². The van der Waals surface area contributed by atoms with Gasteiger partial charge in [0.25, 0.3) is 0 Å². The van der Waals surface area contributed by atoms with Crippen molar-refractivity contribution in [1.82, 2.24) is 0 Å². The Morgan fingerprint density at radius 2 is 1.86 bits per heavy atom. The molecule has 1 heterocycles. The topological polar surface area (TPSA) is 20.2 Å². The van der Waals surface area contributed by atoms with Crippen LogP contribution in [0, 0.1) is 12.1 Å².